The molecule has 28 heavy (non-hydrogen) atoms. The molecule has 0 unspecified atom stereocenters. The van der Waals surface area contributed by atoms with Crippen LogP contribution >= 0.6 is 32.9 Å². The quantitative estimate of drug-likeness (QED) is 0.236. The van der Waals surface area contributed by atoms with Crippen LogP contribution in [0, 0.1) is 0 Å². The molecule has 0 aliphatic carbocycles. The van der Waals surface area contributed by atoms with Gasteiger partial charge in [-0.15, -0.1) is 22.7 Å². The van der Waals surface area contributed by atoms with E-state index in [0.717, 1.165) is 28.7 Å². The number of unbranched alkanes of at least 4 members (excludes halogenated alkanes) is 3. The van der Waals surface area contributed by atoms with Gasteiger partial charge in [-0.05, 0) is 54.8 Å². The molecule has 0 aliphatic rings. The monoisotopic (exact) mass is 452 g/mol. The molecule has 0 radical (unpaired) electrons. The highest BCUT2D eigenvalue weighted by Gasteiger charge is 2.65. The van der Waals surface area contributed by atoms with Gasteiger partial charge in [-0.2, -0.15) is 0 Å². The van der Waals surface area contributed by atoms with E-state index in [0.29, 0.717) is 17.0 Å². The summed E-state index contributed by atoms with van der Waals surface area (Å²) >= 11 is 2.99. The minimum atomic E-state index is -9.68. The Bertz CT molecular complexity index is 954. The van der Waals surface area contributed by atoms with Crippen LogP contribution in [0.2, 0.25) is 0 Å². The van der Waals surface area contributed by atoms with Gasteiger partial charge >= 0.3 is 10.2 Å². The van der Waals surface area contributed by atoms with Gasteiger partial charge in [0.25, 0.3) is 0 Å². The molecule has 0 aliphatic heterocycles. The lowest BCUT2D eigenvalue weighted by molar-refractivity contribution is 0.364. The van der Waals surface area contributed by atoms with E-state index < -0.39 is 15.1 Å². The molecule has 8 heteroatoms. The molecule has 0 nitrogen and oxygen atoms in total. The van der Waals surface area contributed by atoms with Crippen molar-refractivity contribution < 1.29 is 19.4 Å². The molecular weight excluding hydrogens is 431 g/mol. The highest BCUT2D eigenvalue weighted by molar-refractivity contribution is 8.45. The Morgan fingerprint density at radius 1 is 0.750 bits per heavy atom. The SMILES string of the molecule is CCCCCCc1ccc(-c2ccc(-c3cccc(S(F)(F)(F)(F)F)c3)s2)s1. The lowest BCUT2D eigenvalue weighted by Gasteiger charge is -2.40. The van der Waals surface area contributed by atoms with Crippen molar-refractivity contribution >= 4 is 32.9 Å². The lowest BCUT2D eigenvalue weighted by Crippen LogP contribution is -2.05. The zero-order chi connectivity index (χ0) is 20.5. The maximum atomic E-state index is 13.1. The van der Waals surface area contributed by atoms with E-state index in [2.05, 4.69) is 13.0 Å². The summed E-state index contributed by atoms with van der Waals surface area (Å²) in [5, 5.41) is 0. The van der Waals surface area contributed by atoms with Crippen molar-refractivity contribution in [3.8, 4) is 20.2 Å². The van der Waals surface area contributed by atoms with Crippen LogP contribution < -0.4 is 0 Å². The second kappa shape index (κ2) is 7.15. The fourth-order valence-corrected chi connectivity index (χ4v) is 5.71. The number of benzene rings is 1. The van der Waals surface area contributed by atoms with Crippen molar-refractivity contribution in [2.45, 2.75) is 43.9 Å². The maximum Gasteiger partial charge on any atom is 0.310 e. The van der Waals surface area contributed by atoms with E-state index in [1.807, 2.05) is 12.1 Å². The predicted molar refractivity (Wildman–Crippen MR) is 112 cm³/mol. The van der Waals surface area contributed by atoms with Crippen molar-refractivity contribution in [3.63, 3.8) is 0 Å². The van der Waals surface area contributed by atoms with Gasteiger partial charge in [0, 0.05) is 19.5 Å². The van der Waals surface area contributed by atoms with Gasteiger partial charge in [-0.1, -0.05) is 57.7 Å². The molecule has 0 spiro atoms. The third-order valence-corrected chi connectivity index (χ3v) is 7.97. The van der Waals surface area contributed by atoms with Crippen LogP contribution in [0.15, 0.2) is 53.4 Å². The van der Waals surface area contributed by atoms with Crippen LogP contribution in [-0.2, 0) is 6.42 Å². The largest absolute Gasteiger partial charge is 0.310 e. The van der Waals surface area contributed by atoms with Crippen molar-refractivity contribution in [2.24, 2.45) is 0 Å². The Morgan fingerprint density at radius 2 is 1.43 bits per heavy atom. The molecule has 3 aromatic rings. The highest BCUT2D eigenvalue weighted by atomic mass is 32.5. The van der Waals surface area contributed by atoms with Gasteiger partial charge in [-0.25, -0.2) is 0 Å². The van der Waals surface area contributed by atoms with E-state index in [1.165, 1.54) is 41.5 Å². The molecule has 154 valence electrons. The van der Waals surface area contributed by atoms with Crippen molar-refractivity contribution in [1.29, 1.82) is 0 Å². The molecule has 0 N–H and O–H groups in total. The first-order valence-corrected chi connectivity index (χ1v) is 12.6. The van der Waals surface area contributed by atoms with E-state index in [4.69, 9.17) is 0 Å². The van der Waals surface area contributed by atoms with E-state index >= 15 is 0 Å². The molecule has 0 saturated heterocycles. The number of hydrogen-bond donors (Lipinski definition) is 0. The summed E-state index contributed by atoms with van der Waals surface area (Å²) in [4.78, 5) is 1.95. The van der Waals surface area contributed by atoms with Crippen molar-refractivity contribution in [2.75, 3.05) is 0 Å². The normalized spacial score (nSPS) is 14.6. The molecule has 3 rings (SSSR count). The zero-order valence-electron chi connectivity index (χ0n) is 15.3. The van der Waals surface area contributed by atoms with Crippen molar-refractivity contribution in [1.82, 2.24) is 0 Å². The van der Waals surface area contributed by atoms with Crippen LogP contribution in [0.4, 0.5) is 19.4 Å². The first-order valence-electron chi connectivity index (χ1n) is 9.00. The Morgan fingerprint density at radius 3 is 2.14 bits per heavy atom. The topological polar surface area (TPSA) is 0 Å². The third-order valence-electron chi connectivity index (χ3n) is 4.35. The summed E-state index contributed by atoms with van der Waals surface area (Å²) in [5.74, 6) is 0. The molecule has 0 bridgehead atoms. The van der Waals surface area contributed by atoms with Gasteiger partial charge in [0.2, 0.25) is 0 Å². The summed E-state index contributed by atoms with van der Waals surface area (Å²) in [7, 11) is -9.68. The number of rotatable bonds is 8. The van der Waals surface area contributed by atoms with Gasteiger partial charge in [0.05, 0.1) is 0 Å². The summed E-state index contributed by atoms with van der Waals surface area (Å²) < 4.78 is 65.4. The summed E-state index contributed by atoms with van der Waals surface area (Å²) in [6.07, 6.45) is 5.79. The molecule has 0 amide bonds. The van der Waals surface area contributed by atoms with E-state index in [1.54, 1.807) is 17.4 Å². The van der Waals surface area contributed by atoms with Gasteiger partial charge in [0.1, 0.15) is 4.90 Å². The van der Waals surface area contributed by atoms with Gasteiger partial charge < -0.3 is 0 Å². The molecule has 1 aromatic carbocycles. The zero-order valence-corrected chi connectivity index (χ0v) is 17.7. The van der Waals surface area contributed by atoms with Crippen LogP contribution in [0.3, 0.4) is 0 Å². The van der Waals surface area contributed by atoms with E-state index in [-0.39, 0.29) is 5.56 Å². The summed E-state index contributed by atoms with van der Waals surface area (Å²) in [6.45, 7) is 2.17. The van der Waals surface area contributed by atoms with Gasteiger partial charge in [0.15, 0.2) is 0 Å². The first kappa shape index (κ1) is 21.3. The fourth-order valence-electron chi connectivity index (χ4n) is 2.89. The fraction of sp³-hybridized carbons (Fsp3) is 0.300. The van der Waals surface area contributed by atoms with Crippen LogP contribution in [0.25, 0.3) is 20.2 Å². The average Bonchev–Trinajstić information content (AvgIpc) is 3.26. The summed E-state index contributed by atoms with van der Waals surface area (Å²) in [5.41, 5.74) is 0.151. The number of aryl methyl sites for hydroxylation is 1. The maximum absolute atomic E-state index is 13.1. The Hall–Kier alpha value is -1.38. The number of halogens is 5. The molecule has 0 saturated carbocycles. The molecular formula is C20H21F5S3. The van der Waals surface area contributed by atoms with Crippen molar-refractivity contribution in [3.05, 3.63) is 53.4 Å². The minimum Gasteiger partial charge on any atom is -0.139 e. The van der Waals surface area contributed by atoms with Gasteiger partial charge in [-0.3, -0.25) is 0 Å². The first-order chi connectivity index (χ1) is 13.0. The number of hydrogen-bond acceptors (Lipinski definition) is 2. The Balaban J connectivity index is 1.79. The molecule has 0 atom stereocenters. The van der Waals surface area contributed by atoms with Crippen LogP contribution in [0.5, 0.6) is 0 Å². The predicted octanol–water partition coefficient (Wildman–Crippen LogP) is 9.92. The summed E-state index contributed by atoms with van der Waals surface area (Å²) in [6, 6.07) is 11.1. The lowest BCUT2D eigenvalue weighted by atomic mass is 10.1. The molecule has 0 fully saturated rings. The van der Waals surface area contributed by atoms with Crippen LogP contribution in [0.1, 0.15) is 37.5 Å². The number of thiophene rings is 2. The third kappa shape index (κ3) is 5.36. The average molecular weight is 453 g/mol. The second-order valence-electron chi connectivity index (χ2n) is 6.74. The molecule has 2 aromatic heterocycles. The van der Waals surface area contributed by atoms with E-state index in [9.17, 15) is 19.4 Å². The Labute approximate surface area is 169 Å². The Kier molecular flexibility index (Phi) is 5.44. The highest BCUT2D eigenvalue weighted by Crippen LogP contribution is 3.02. The smallest absolute Gasteiger partial charge is 0.139 e. The minimum absolute atomic E-state index is 0.151. The molecule has 2 heterocycles. The standard InChI is InChI=1S/C20H21F5S3/c1-2-3-4-5-8-16-10-11-19(26-16)20-13-12-18(27-20)15-7-6-9-17(14-15)28(21,22,23,24)25/h6-7,9-14H,2-5,8H2,1H3. The van der Waals surface area contributed by atoms with Crippen LogP contribution in [-0.4, -0.2) is 0 Å². The second-order valence-corrected chi connectivity index (χ2v) is 11.4.